The summed E-state index contributed by atoms with van der Waals surface area (Å²) in [6, 6.07) is 12.4. The molecule has 0 bridgehead atoms. The summed E-state index contributed by atoms with van der Waals surface area (Å²) in [5.74, 6) is -1.90. The number of alkyl halides is 3. The normalized spacial score (nSPS) is 18.9. The highest BCUT2D eigenvalue weighted by Crippen LogP contribution is 2.39. The average Bonchev–Trinajstić information content (AvgIpc) is 3.12. The lowest BCUT2D eigenvalue weighted by Gasteiger charge is -2.22. The minimum absolute atomic E-state index is 0.0399. The minimum atomic E-state index is -4.93. The molecule has 6 nitrogen and oxygen atoms in total. The Morgan fingerprint density at radius 2 is 1.76 bits per heavy atom. The Morgan fingerprint density at radius 3 is 2.34 bits per heavy atom. The van der Waals surface area contributed by atoms with Crippen molar-refractivity contribution in [3.63, 3.8) is 0 Å². The van der Waals surface area contributed by atoms with Crippen LogP contribution in [0.2, 0.25) is 0 Å². The van der Waals surface area contributed by atoms with Gasteiger partial charge in [0.1, 0.15) is 11.5 Å². The van der Waals surface area contributed by atoms with Crippen molar-refractivity contribution in [2.75, 3.05) is 14.2 Å². The van der Waals surface area contributed by atoms with E-state index in [4.69, 9.17) is 9.47 Å². The molecule has 0 saturated heterocycles. The Morgan fingerprint density at radius 1 is 1.10 bits per heavy atom. The molecule has 0 radical (unpaired) electrons. The van der Waals surface area contributed by atoms with Crippen molar-refractivity contribution in [3.8, 4) is 11.5 Å². The summed E-state index contributed by atoms with van der Waals surface area (Å²) >= 11 is 0. The highest BCUT2D eigenvalue weighted by atomic mass is 19.4. The quantitative estimate of drug-likeness (QED) is 0.732. The third-order valence-electron chi connectivity index (χ3n) is 4.58. The minimum Gasteiger partial charge on any atom is -0.496 e. The van der Waals surface area contributed by atoms with Crippen LogP contribution in [0.1, 0.15) is 23.1 Å². The molecule has 0 amide bonds. The molecule has 0 aliphatic carbocycles. The largest absolute Gasteiger partial charge is 0.496 e. The lowest BCUT2D eigenvalue weighted by Crippen LogP contribution is -2.45. The monoisotopic (exact) mass is 410 g/mol. The molecule has 2 aromatic carbocycles. The highest BCUT2D eigenvalue weighted by molar-refractivity contribution is 6.01. The molecule has 0 spiro atoms. The first kappa shape index (κ1) is 20.9. The molecule has 1 heterocycles. The van der Waals surface area contributed by atoms with E-state index in [1.54, 1.807) is 32.4 Å². The third-order valence-corrected chi connectivity index (χ3v) is 4.58. The Labute approximate surface area is 165 Å². The van der Waals surface area contributed by atoms with E-state index >= 15 is 0 Å². The van der Waals surface area contributed by atoms with E-state index in [1.807, 2.05) is 24.3 Å². The van der Waals surface area contributed by atoms with Crippen molar-refractivity contribution in [1.82, 2.24) is 5.32 Å². The number of oxime groups is 1. The molecular weight excluding hydrogens is 389 g/mol. The van der Waals surface area contributed by atoms with Gasteiger partial charge in [-0.25, -0.2) is 0 Å². The van der Waals surface area contributed by atoms with E-state index in [0.717, 1.165) is 11.1 Å². The van der Waals surface area contributed by atoms with Crippen LogP contribution in [0.4, 0.5) is 13.2 Å². The van der Waals surface area contributed by atoms with Crippen molar-refractivity contribution in [1.29, 1.82) is 0 Å². The van der Waals surface area contributed by atoms with Gasteiger partial charge in [0.05, 0.1) is 26.4 Å². The van der Waals surface area contributed by atoms with E-state index in [2.05, 4.69) is 15.3 Å². The number of hydrogen-bond donors (Lipinski definition) is 2. The first-order chi connectivity index (χ1) is 13.8. The van der Waals surface area contributed by atoms with Crippen LogP contribution in [-0.4, -0.2) is 37.0 Å². The Hall–Kier alpha value is -2.78. The average molecular weight is 410 g/mol. The summed E-state index contributed by atoms with van der Waals surface area (Å²) in [7, 11) is 3.16. The summed E-state index contributed by atoms with van der Waals surface area (Å²) in [6.07, 6.45) is -5.68. The second-order valence-corrected chi connectivity index (χ2v) is 6.53. The zero-order chi connectivity index (χ0) is 21.1. The summed E-state index contributed by atoms with van der Waals surface area (Å²) in [4.78, 5) is 4.28. The van der Waals surface area contributed by atoms with Gasteiger partial charge in [-0.3, -0.25) is 0 Å². The second kappa shape index (κ2) is 8.30. The van der Waals surface area contributed by atoms with Crippen LogP contribution >= 0.6 is 0 Å². The van der Waals surface area contributed by atoms with E-state index in [9.17, 15) is 18.3 Å². The topological polar surface area (TPSA) is 72.3 Å². The van der Waals surface area contributed by atoms with Crippen molar-refractivity contribution in [3.05, 3.63) is 59.2 Å². The number of ether oxygens (including phenoxy) is 2. The summed E-state index contributed by atoms with van der Waals surface area (Å²) in [5.41, 5.74) is 2.19. The molecule has 0 saturated carbocycles. The van der Waals surface area contributed by atoms with Gasteiger partial charge in [0.25, 0.3) is 0 Å². The standard InChI is InChI=1S/C20H21F3N2O4/c1-27-17-7-4-8-18(28-2)15(17)12-24-11-13-5-3-6-14(9-13)16-10-19(26,29-25-16)20(21,22)23/h3-9,24,26H,10-12H2,1-2H3. The van der Waals surface area contributed by atoms with Gasteiger partial charge in [-0.1, -0.05) is 29.4 Å². The molecule has 0 fully saturated rings. The Kier molecular flexibility index (Phi) is 5.99. The smallest absolute Gasteiger partial charge is 0.458 e. The molecule has 2 N–H and O–H groups in total. The summed E-state index contributed by atoms with van der Waals surface area (Å²) < 4.78 is 49.4. The molecular formula is C20H21F3N2O4. The van der Waals surface area contributed by atoms with Gasteiger partial charge < -0.3 is 24.7 Å². The van der Waals surface area contributed by atoms with Gasteiger partial charge in [-0.15, -0.1) is 0 Å². The van der Waals surface area contributed by atoms with Gasteiger partial charge >= 0.3 is 12.0 Å². The lowest BCUT2D eigenvalue weighted by molar-refractivity contribution is -0.355. The van der Waals surface area contributed by atoms with Gasteiger partial charge in [0, 0.05) is 18.7 Å². The number of nitrogens with one attached hydrogen (secondary N) is 1. The fourth-order valence-corrected chi connectivity index (χ4v) is 3.02. The lowest BCUT2D eigenvalue weighted by atomic mass is 10.0. The maximum atomic E-state index is 12.9. The SMILES string of the molecule is COc1cccc(OC)c1CNCc1cccc(C2=NOC(O)(C(F)(F)F)C2)c1. The van der Waals surface area contributed by atoms with Crippen molar-refractivity contribution in [2.45, 2.75) is 31.5 Å². The van der Waals surface area contributed by atoms with Crippen LogP contribution in [0.5, 0.6) is 11.5 Å². The highest BCUT2D eigenvalue weighted by Gasteiger charge is 2.60. The zero-order valence-corrected chi connectivity index (χ0v) is 15.9. The molecule has 1 atom stereocenters. The fourth-order valence-electron chi connectivity index (χ4n) is 3.02. The predicted octanol–water partition coefficient (Wildman–Crippen LogP) is 3.37. The van der Waals surface area contributed by atoms with Crippen LogP contribution in [-0.2, 0) is 17.9 Å². The first-order valence-electron chi connectivity index (χ1n) is 8.81. The number of aliphatic hydroxyl groups is 1. The number of halogens is 3. The van der Waals surface area contributed by atoms with Crippen molar-refractivity contribution < 1.29 is 32.6 Å². The van der Waals surface area contributed by atoms with Gasteiger partial charge in [0.2, 0.25) is 0 Å². The summed E-state index contributed by atoms with van der Waals surface area (Å²) in [5, 5.41) is 16.3. The molecule has 0 aromatic heterocycles. The molecule has 1 aliphatic heterocycles. The van der Waals surface area contributed by atoms with Crippen LogP contribution in [0.3, 0.4) is 0 Å². The van der Waals surface area contributed by atoms with E-state index in [0.29, 0.717) is 30.2 Å². The molecule has 2 aromatic rings. The molecule has 29 heavy (non-hydrogen) atoms. The van der Waals surface area contributed by atoms with Gasteiger partial charge in [-0.2, -0.15) is 13.2 Å². The Balaban J connectivity index is 1.67. The maximum absolute atomic E-state index is 12.9. The molecule has 1 aliphatic rings. The Bertz CT molecular complexity index is 879. The molecule has 3 rings (SSSR count). The summed E-state index contributed by atoms with van der Waals surface area (Å²) in [6.45, 7) is 0.919. The number of rotatable bonds is 7. The molecule has 156 valence electrons. The van der Waals surface area contributed by atoms with Crippen LogP contribution in [0.25, 0.3) is 0 Å². The third kappa shape index (κ3) is 4.46. The molecule has 9 heteroatoms. The van der Waals surface area contributed by atoms with Crippen molar-refractivity contribution in [2.24, 2.45) is 5.16 Å². The number of benzene rings is 2. The van der Waals surface area contributed by atoms with E-state index in [1.165, 1.54) is 0 Å². The van der Waals surface area contributed by atoms with Crippen LogP contribution < -0.4 is 14.8 Å². The van der Waals surface area contributed by atoms with Gasteiger partial charge in [-0.05, 0) is 29.3 Å². The predicted molar refractivity (Wildman–Crippen MR) is 99.8 cm³/mol. The maximum Gasteiger partial charge on any atom is 0.458 e. The molecule has 1 unspecified atom stereocenters. The van der Waals surface area contributed by atoms with E-state index in [-0.39, 0.29) is 5.71 Å². The number of hydrogen-bond acceptors (Lipinski definition) is 6. The van der Waals surface area contributed by atoms with E-state index < -0.39 is 18.4 Å². The second-order valence-electron chi connectivity index (χ2n) is 6.53. The van der Waals surface area contributed by atoms with Crippen LogP contribution in [0.15, 0.2) is 47.6 Å². The van der Waals surface area contributed by atoms with Crippen molar-refractivity contribution >= 4 is 5.71 Å². The van der Waals surface area contributed by atoms with Gasteiger partial charge in [0.15, 0.2) is 0 Å². The first-order valence-corrected chi connectivity index (χ1v) is 8.81. The number of nitrogens with zero attached hydrogens (tertiary/aromatic N) is 1. The fraction of sp³-hybridized carbons (Fsp3) is 0.350. The zero-order valence-electron chi connectivity index (χ0n) is 15.9. The number of methoxy groups -OCH3 is 2. The van der Waals surface area contributed by atoms with Crippen LogP contribution in [0, 0.1) is 0 Å².